The average molecular weight is 883 g/mol. The number of aromatic nitrogens is 1. The Hall–Kier alpha value is -5.77. The van der Waals surface area contributed by atoms with Crippen molar-refractivity contribution in [1.29, 1.82) is 0 Å². The number of carbonyl (C=O) groups is 5. The third-order valence-electron chi connectivity index (χ3n) is 11.5. The van der Waals surface area contributed by atoms with Gasteiger partial charge in [0.05, 0.1) is 33.0 Å². The number of nitrogens with one attached hydrogen (secondary N) is 3. The summed E-state index contributed by atoms with van der Waals surface area (Å²) in [6, 6.07) is 25.1. The molecule has 0 bridgehead atoms. The van der Waals surface area contributed by atoms with Gasteiger partial charge in [0.15, 0.2) is 0 Å². The van der Waals surface area contributed by atoms with Crippen LogP contribution >= 0.6 is 0 Å². The zero-order valence-electron chi connectivity index (χ0n) is 37.7. The fourth-order valence-corrected chi connectivity index (χ4v) is 7.95. The molecule has 0 aliphatic heterocycles. The number of unbranched alkanes of at least 4 members (excludes halogenated alkanes) is 5. The highest BCUT2D eigenvalue weighted by molar-refractivity contribution is 5.88. The van der Waals surface area contributed by atoms with Gasteiger partial charge in [-0.2, -0.15) is 0 Å². The number of ether oxygens (including phenoxy) is 3. The summed E-state index contributed by atoms with van der Waals surface area (Å²) in [5.74, 6) is -2.03. The highest BCUT2D eigenvalue weighted by atomic mass is 16.6. The second-order valence-corrected chi connectivity index (χ2v) is 16.2. The molecule has 1 aromatic heterocycles. The zero-order chi connectivity index (χ0) is 45.7. The van der Waals surface area contributed by atoms with Crippen molar-refractivity contribution in [3.63, 3.8) is 0 Å². The summed E-state index contributed by atoms with van der Waals surface area (Å²) >= 11 is 0. The quantitative estimate of drug-likeness (QED) is 0.0342. The minimum atomic E-state index is -1.08. The smallest absolute Gasteiger partial charge is 0.424 e. The van der Waals surface area contributed by atoms with Gasteiger partial charge in [-0.3, -0.25) is 19.2 Å². The summed E-state index contributed by atoms with van der Waals surface area (Å²) in [6.45, 7) is 4.73. The molecule has 1 atom stereocenters. The van der Waals surface area contributed by atoms with E-state index >= 15 is 0 Å². The molecule has 1 aliphatic carbocycles. The van der Waals surface area contributed by atoms with Crippen molar-refractivity contribution < 1.29 is 43.3 Å². The van der Waals surface area contributed by atoms with Crippen LogP contribution in [-0.4, -0.2) is 116 Å². The first-order chi connectivity index (χ1) is 31.1. The van der Waals surface area contributed by atoms with Gasteiger partial charge in [-0.1, -0.05) is 106 Å². The standard InChI is InChI=1S/C49H66N6O9/c1-4-5-6-7-8-9-22-45(56)50-26-29-62-31-32-63-30-27-51-48(60)43(23-24-47(58)59)52-46(57)25-28-55-37(33-36-16-10-15-21-44(36)55)34-53(2)54(3)49(61)64-35-42-40-19-13-11-17-38(40)39-18-12-14-20-41(39)42/h10-21,33,42-43H,4-9,22-32,34-35H2,1-3H3,(H,50,56)(H,51,60)(H,52,57)(H,58,59)/t43-/m0/s1. The highest BCUT2D eigenvalue weighted by Gasteiger charge is 2.30. The number of hydrogen-bond donors (Lipinski definition) is 4. The van der Waals surface area contributed by atoms with Gasteiger partial charge in [0.25, 0.3) is 0 Å². The molecule has 15 nitrogen and oxygen atoms in total. The van der Waals surface area contributed by atoms with Gasteiger partial charge in [0.1, 0.15) is 12.6 Å². The Balaban J connectivity index is 1.04. The lowest BCUT2D eigenvalue weighted by molar-refractivity contribution is -0.138. The van der Waals surface area contributed by atoms with Crippen LogP contribution in [0.25, 0.3) is 22.0 Å². The first-order valence-electron chi connectivity index (χ1n) is 22.6. The normalized spacial score (nSPS) is 12.4. The minimum Gasteiger partial charge on any atom is -0.481 e. The predicted octanol–water partition coefficient (Wildman–Crippen LogP) is 6.62. The number of hydrogen-bond acceptors (Lipinski definition) is 9. The zero-order valence-corrected chi connectivity index (χ0v) is 37.7. The number of aryl methyl sites for hydroxylation is 1. The topological polar surface area (TPSA) is 181 Å². The lowest BCUT2D eigenvalue weighted by Gasteiger charge is -2.28. The van der Waals surface area contributed by atoms with E-state index in [1.807, 2.05) is 59.2 Å². The van der Waals surface area contributed by atoms with E-state index in [0.29, 0.717) is 32.7 Å². The summed E-state index contributed by atoms with van der Waals surface area (Å²) in [5, 5.41) is 21.8. The lowest BCUT2D eigenvalue weighted by atomic mass is 9.98. The van der Waals surface area contributed by atoms with Crippen LogP contribution in [0, 0.1) is 0 Å². The molecule has 0 saturated heterocycles. The Morgan fingerprint density at radius 2 is 1.36 bits per heavy atom. The number of amides is 4. The summed E-state index contributed by atoms with van der Waals surface area (Å²) in [6.07, 6.45) is 6.46. The van der Waals surface area contributed by atoms with E-state index in [0.717, 1.165) is 51.7 Å². The molecule has 0 unspecified atom stereocenters. The highest BCUT2D eigenvalue weighted by Crippen LogP contribution is 2.44. The van der Waals surface area contributed by atoms with Crippen LogP contribution in [0.2, 0.25) is 0 Å². The molecule has 0 saturated carbocycles. The molecule has 4 N–H and O–H groups in total. The molecular weight excluding hydrogens is 817 g/mol. The Morgan fingerprint density at radius 3 is 2.05 bits per heavy atom. The van der Waals surface area contributed by atoms with E-state index in [1.165, 1.54) is 30.7 Å². The summed E-state index contributed by atoms with van der Waals surface area (Å²) in [7, 11) is 3.45. The monoisotopic (exact) mass is 882 g/mol. The Labute approximate surface area is 376 Å². The number of carboxylic acid groups (broad SMARTS) is 1. The van der Waals surface area contributed by atoms with Crippen molar-refractivity contribution in [3.8, 4) is 11.1 Å². The molecule has 0 radical (unpaired) electrons. The summed E-state index contributed by atoms with van der Waals surface area (Å²) in [4.78, 5) is 63.3. The first-order valence-corrected chi connectivity index (χ1v) is 22.6. The van der Waals surface area contributed by atoms with Gasteiger partial charge >= 0.3 is 12.1 Å². The number of aliphatic carboxylic acids is 1. The maximum absolute atomic E-state index is 13.4. The SMILES string of the molecule is CCCCCCCCC(=O)NCCOCCOCCNC(=O)[C@H](CCC(=O)O)NC(=O)CCn1c(CN(C)N(C)C(=O)OCC2c3ccccc3-c3ccccc32)cc2ccccc21. The molecule has 5 rings (SSSR count). The van der Waals surface area contributed by atoms with E-state index in [2.05, 4.69) is 47.1 Å². The van der Waals surface area contributed by atoms with Crippen LogP contribution in [0.5, 0.6) is 0 Å². The van der Waals surface area contributed by atoms with Crippen LogP contribution in [0.15, 0.2) is 78.9 Å². The van der Waals surface area contributed by atoms with E-state index in [4.69, 9.17) is 14.2 Å². The summed E-state index contributed by atoms with van der Waals surface area (Å²) in [5.41, 5.74) is 6.32. The first kappa shape index (κ1) is 49.2. The van der Waals surface area contributed by atoms with Crippen LogP contribution in [0.4, 0.5) is 4.79 Å². The van der Waals surface area contributed by atoms with E-state index in [-0.39, 0.29) is 64.0 Å². The third kappa shape index (κ3) is 14.9. The van der Waals surface area contributed by atoms with Crippen molar-refractivity contribution in [1.82, 2.24) is 30.5 Å². The fourth-order valence-electron chi connectivity index (χ4n) is 7.95. The van der Waals surface area contributed by atoms with Crippen molar-refractivity contribution >= 4 is 40.7 Å². The maximum Gasteiger partial charge on any atom is 0.424 e. The van der Waals surface area contributed by atoms with E-state index in [1.54, 1.807) is 19.1 Å². The molecule has 1 heterocycles. The van der Waals surface area contributed by atoms with Crippen molar-refractivity contribution in [2.75, 3.05) is 60.2 Å². The molecule has 4 aromatic rings. The minimum absolute atomic E-state index is 0.0143. The molecule has 1 aliphatic rings. The van der Waals surface area contributed by atoms with Crippen molar-refractivity contribution in [2.45, 2.75) is 96.2 Å². The van der Waals surface area contributed by atoms with Crippen LogP contribution in [0.1, 0.15) is 93.9 Å². The molecule has 0 fully saturated rings. The van der Waals surface area contributed by atoms with Crippen LogP contribution in [-0.2, 0) is 46.5 Å². The van der Waals surface area contributed by atoms with Gasteiger partial charge in [0, 0.05) is 70.1 Å². The second kappa shape index (κ2) is 26.1. The number of rotatable bonds is 29. The lowest BCUT2D eigenvalue weighted by Crippen LogP contribution is -2.47. The number of para-hydroxylation sites is 1. The number of nitrogens with zero attached hydrogens (tertiary/aromatic N) is 3. The fraction of sp³-hybridized carbons (Fsp3) is 0.490. The van der Waals surface area contributed by atoms with Crippen LogP contribution < -0.4 is 16.0 Å². The largest absolute Gasteiger partial charge is 0.481 e. The van der Waals surface area contributed by atoms with Gasteiger partial charge < -0.3 is 39.8 Å². The predicted molar refractivity (Wildman–Crippen MR) is 245 cm³/mol. The van der Waals surface area contributed by atoms with Gasteiger partial charge in [-0.25, -0.2) is 14.8 Å². The van der Waals surface area contributed by atoms with Gasteiger partial charge in [-0.15, -0.1) is 0 Å². The molecule has 0 spiro atoms. The van der Waals surface area contributed by atoms with Gasteiger partial charge in [0.2, 0.25) is 17.7 Å². The molecule has 346 valence electrons. The Morgan fingerprint density at radius 1 is 0.734 bits per heavy atom. The Kier molecular flexibility index (Phi) is 20.1. The van der Waals surface area contributed by atoms with E-state index in [9.17, 15) is 29.1 Å². The van der Waals surface area contributed by atoms with E-state index < -0.39 is 29.9 Å². The van der Waals surface area contributed by atoms with Crippen molar-refractivity contribution in [2.24, 2.45) is 0 Å². The second-order valence-electron chi connectivity index (χ2n) is 16.2. The Bertz CT molecular complexity index is 2090. The molecular formula is C49H66N6O9. The number of carbonyl (C=O) groups excluding carboxylic acids is 4. The number of hydrazine groups is 1. The average Bonchev–Trinajstić information content (AvgIpc) is 3.81. The maximum atomic E-state index is 13.4. The van der Waals surface area contributed by atoms with Crippen molar-refractivity contribution in [3.05, 3.63) is 95.7 Å². The number of benzene rings is 3. The van der Waals surface area contributed by atoms with Gasteiger partial charge in [-0.05, 0) is 52.6 Å². The molecule has 64 heavy (non-hydrogen) atoms. The molecule has 4 amide bonds. The third-order valence-corrected chi connectivity index (χ3v) is 11.5. The number of fused-ring (bicyclic) bond motifs is 4. The number of carboxylic acids is 1. The molecule has 3 aromatic carbocycles. The molecule has 15 heteroatoms. The van der Waals surface area contributed by atoms with Crippen LogP contribution in [0.3, 0.4) is 0 Å². The summed E-state index contributed by atoms with van der Waals surface area (Å²) < 4.78 is 19.0.